The van der Waals surface area contributed by atoms with E-state index in [1.807, 2.05) is 34.6 Å². The summed E-state index contributed by atoms with van der Waals surface area (Å²) in [6.45, 7) is 14.2. The van der Waals surface area contributed by atoms with Crippen molar-refractivity contribution in [1.82, 2.24) is 15.5 Å². The summed E-state index contributed by atoms with van der Waals surface area (Å²) < 4.78 is 5.63. The van der Waals surface area contributed by atoms with E-state index in [1.54, 1.807) is 4.90 Å². The SMILES string of the molecule is CCCC(NC(=O)C1C2C(CN1C(=O)C(NC(=O)OC(C)C(C)(C)C)C1CCCCC1)C2(C)C)C(=O)C(N)=O. The third kappa shape index (κ3) is 6.74. The van der Waals surface area contributed by atoms with Crippen molar-refractivity contribution in [3.63, 3.8) is 0 Å². The number of nitrogens with two attached hydrogens (primary N) is 1. The lowest BCUT2D eigenvalue weighted by molar-refractivity contribution is -0.144. The van der Waals surface area contributed by atoms with Crippen molar-refractivity contribution in [2.75, 3.05) is 6.54 Å². The summed E-state index contributed by atoms with van der Waals surface area (Å²) in [5.41, 5.74) is 4.83. The zero-order valence-electron chi connectivity index (χ0n) is 24.7. The smallest absolute Gasteiger partial charge is 0.408 e. The highest BCUT2D eigenvalue weighted by Crippen LogP contribution is 2.65. The number of ketones is 1. The monoisotopic (exact) mass is 548 g/mol. The van der Waals surface area contributed by atoms with E-state index in [0.29, 0.717) is 13.0 Å². The van der Waals surface area contributed by atoms with Crippen molar-refractivity contribution < 1.29 is 28.7 Å². The number of primary amides is 1. The molecule has 3 aliphatic rings. The van der Waals surface area contributed by atoms with E-state index in [1.165, 1.54) is 0 Å². The highest BCUT2D eigenvalue weighted by Gasteiger charge is 2.69. The number of hydrogen-bond acceptors (Lipinski definition) is 6. The molecule has 39 heavy (non-hydrogen) atoms. The van der Waals surface area contributed by atoms with Crippen molar-refractivity contribution in [2.45, 2.75) is 118 Å². The predicted molar refractivity (Wildman–Crippen MR) is 146 cm³/mol. The summed E-state index contributed by atoms with van der Waals surface area (Å²) in [6, 6.07) is -2.63. The molecule has 0 spiro atoms. The maximum absolute atomic E-state index is 14.1. The maximum atomic E-state index is 14.1. The Morgan fingerprint density at radius 2 is 1.67 bits per heavy atom. The summed E-state index contributed by atoms with van der Waals surface area (Å²) in [7, 11) is 0. The summed E-state index contributed by atoms with van der Waals surface area (Å²) in [5, 5.41) is 5.60. The molecule has 6 atom stereocenters. The Morgan fingerprint density at radius 1 is 1.05 bits per heavy atom. The van der Waals surface area contributed by atoms with Gasteiger partial charge in [-0.25, -0.2) is 4.79 Å². The Morgan fingerprint density at radius 3 is 2.21 bits per heavy atom. The zero-order chi connectivity index (χ0) is 29.3. The minimum atomic E-state index is -1.10. The van der Waals surface area contributed by atoms with Crippen LogP contribution in [0.3, 0.4) is 0 Å². The summed E-state index contributed by atoms with van der Waals surface area (Å²) in [4.78, 5) is 66.3. The second-order valence-corrected chi connectivity index (χ2v) is 13.4. The number of nitrogens with zero attached hydrogens (tertiary/aromatic N) is 1. The Balaban J connectivity index is 1.84. The lowest BCUT2D eigenvalue weighted by atomic mass is 9.83. The number of hydrogen-bond donors (Lipinski definition) is 3. The fourth-order valence-corrected chi connectivity index (χ4v) is 6.33. The van der Waals surface area contributed by atoms with Gasteiger partial charge in [-0.3, -0.25) is 19.2 Å². The minimum absolute atomic E-state index is 0.0540. The number of carbonyl (C=O) groups is 5. The van der Waals surface area contributed by atoms with Crippen LogP contribution in [0.1, 0.15) is 93.4 Å². The van der Waals surface area contributed by atoms with Crippen LogP contribution in [0, 0.1) is 28.6 Å². The average molecular weight is 549 g/mol. The van der Waals surface area contributed by atoms with Crippen LogP contribution >= 0.6 is 0 Å². The molecule has 4 amide bonds. The Bertz CT molecular complexity index is 967. The van der Waals surface area contributed by atoms with E-state index < -0.39 is 41.8 Å². The van der Waals surface area contributed by atoms with E-state index in [9.17, 15) is 24.0 Å². The van der Waals surface area contributed by atoms with Gasteiger partial charge in [-0.2, -0.15) is 0 Å². The third-order valence-corrected chi connectivity index (χ3v) is 9.38. The van der Waals surface area contributed by atoms with Crippen molar-refractivity contribution in [3.8, 4) is 0 Å². The summed E-state index contributed by atoms with van der Waals surface area (Å²) in [6.07, 6.45) is 4.48. The Kier molecular flexibility index (Phi) is 9.38. The molecule has 10 nitrogen and oxygen atoms in total. The highest BCUT2D eigenvalue weighted by molar-refractivity contribution is 6.37. The molecule has 0 bridgehead atoms. The molecule has 1 saturated heterocycles. The van der Waals surface area contributed by atoms with Gasteiger partial charge in [0, 0.05) is 6.54 Å². The molecular weight excluding hydrogens is 500 g/mol. The number of amides is 4. The van der Waals surface area contributed by atoms with Gasteiger partial charge < -0.3 is 26.0 Å². The topological polar surface area (TPSA) is 148 Å². The summed E-state index contributed by atoms with van der Waals surface area (Å²) in [5.74, 6) is -2.69. The van der Waals surface area contributed by atoms with E-state index >= 15 is 0 Å². The Labute approximate surface area is 232 Å². The van der Waals surface area contributed by atoms with Crippen LogP contribution in [0.4, 0.5) is 4.79 Å². The van der Waals surface area contributed by atoms with Gasteiger partial charge in [-0.15, -0.1) is 0 Å². The molecule has 3 fully saturated rings. The van der Waals surface area contributed by atoms with Crippen LogP contribution in [0.5, 0.6) is 0 Å². The summed E-state index contributed by atoms with van der Waals surface area (Å²) >= 11 is 0. The standard InChI is InChI=1S/C29H48N4O6/c1-8-12-19(23(34)24(30)35)31-25(36)22-20-18(29(20,6)7)15-33(22)26(37)21(17-13-10-9-11-14-17)32-27(38)39-16(2)28(3,4)5/h16-22H,8-15H2,1-7H3,(H2,30,35)(H,31,36)(H,32,38). The molecule has 1 aliphatic heterocycles. The predicted octanol–water partition coefficient (Wildman–Crippen LogP) is 2.92. The number of rotatable bonds is 10. The number of carbonyl (C=O) groups excluding carboxylic acids is 5. The maximum Gasteiger partial charge on any atom is 0.408 e. The fourth-order valence-electron chi connectivity index (χ4n) is 6.33. The largest absolute Gasteiger partial charge is 0.446 e. The molecule has 220 valence electrons. The molecule has 0 aromatic rings. The minimum Gasteiger partial charge on any atom is -0.446 e. The number of Topliss-reactive ketones (excluding diaryl/α,β-unsaturated/α-hetero) is 1. The van der Waals surface area contributed by atoms with Gasteiger partial charge in [0.15, 0.2) is 0 Å². The first-order chi connectivity index (χ1) is 18.1. The lowest BCUT2D eigenvalue weighted by Crippen LogP contribution is -2.59. The van der Waals surface area contributed by atoms with Crippen LogP contribution in [-0.4, -0.2) is 65.3 Å². The van der Waals surface area contributed by atoms with Crippen LogP contribution in [0.2, 0.25) is 0 Å². The number of piperidine rings is 1. The Hall–Kier alpha value is -2.65. The van der Waals surface area contributed by atoms with E-state index in [2.05, 4.69) is 24.5 Å². The van der Waals surface area contributed by atoms with Gasteiger partial charge in [-0.05, 0) is 54.8 Å². The highest BCUT2D eigenvalue weighted by atomic mass is 16.6. The van der Waals surface area contributed by atoms with E-state index in [4.69, 9.17) is 10.5 Å². The fraction of sp³-hybridized carbons (Fsp3) is 0.828. The molecule has 10 heteroatoms. The second-order valence-electron chi connectivity index (χ2n) is 13.4. The number of ether oxygens (including phenoxy) is 1. The first-order valence-corrected chi connectivity index (χ1v) is 14.5. The third-order valence-electron chi connectivity index (χ3n) is 9.38. The van der Waals surface area contributed by atoms with Crippen LogP contribution in [0.25, 0.3) is 0 Å². The van der Waals surface area contributed by atoms with Crippen LogP contribution in [-0.2, 0) is 23.9 Å². The second kappa shape index (κ2) is 11.8. The quantitative estimate of drug-likeness (QED) is 0.358. The number of alkyl carbamates (subject to hydrolysis) is 1. The van der Waals surface area contributed by atoms with Gasteiger partial charge in [0.05, 0.1) is 6.04 Å². The zero-order valence-corrected chi connectivity index (χ0v) is 24.7. The first-order valence-electron chi connectivity index (χ1n) is 14.5. The normalized spacial score (nSPS) is 26.5. The van der Waals surface area contributed by atoms with Crippen molar-refractivity contribution in [1.29, 1.82) is 0 Å². The van der Waals surface area contributed by atoms with Gasteiger partial charge in [0.1, 0.15) is 18.2 Å². The van der Waals surface area contributed by atoms with Crippen LogP contribution < -0.4 is 16.4 Å². The molecule has 6 unspecified atom stereocenters. The van der Waals surface area contributed by atoms with Crippen molar-refractivity contribution in [2.24, 2.45) is 34.3 Å². The van der Waals surface area contributed by atoms with Gasteiger partial charge in [0.25, 0.3) is 5.91 Å². The molecular formula is C29H48N4O6. The number of likely N-dealkylation sites (tertiary alicyclic amines) is 1. The van der Waals surface area contributed by atoms with Gasteiger partial charge >= 0.3 is 6.09 Å². The van der Waals surface area contributed by atoms with Crippen molar-refractivity contribution in [3.05, 3.63) is 0 Å². The van der Waals surface area contributed by atoms with Crippen LogP contribution in [0.15, 0.2) is 0 Å². The molecule has 1 heterocycles. The molecule has 0 aromatic heterocycles. The molecule has 3 rings (SSSR count). The molecule has 2 aliphatic carbocycles. The molecule has 0 aromatic carbocycles. The van der Waals surface area contributed by atoms with Crippen molar-refractivity contribution >= 4 is 29.6 Å². The lowest BCUT2D eigenvalue weighted by Gasteiger charge is -2.37. The molecule has 2 saturated carbocycles. The van der Waals surface area contributed by atoms with E-state index in [0.717, 1.165) is 32.1 Å². The first kappa shape index (κ1) is 30.9. The van der Waals surface area contributed by atoms with E-state index in [-0.39, 0.29) is 47.0 Å². The number of fused-ring (bicyclic) bond motifs is 1. The van der Waals surface area contributed by atoms with Gasteiger partial charge in [0.2, 0.25) is 17.6 Å². The van der Waals surface area contributed by atoms with Gasteiger partial charge in [-0.1, -0.05) is 67.2 Å². The number of nitrogens with one attached hydrogen (secondary N) is 2. The molecule has 0 radical (unpaired) electrons. The molecule has 4 N–H and O–H groups in total. The average Bonchev–Trinajstić information content (AvgIpc) is 3.18.